The molecule has 0 bridgehead atoms. The van der Waals surface area contributed by atoms with Crippen LogP contribution in [-0.2, 0) is 6.42 Å². The van der Waals surface area contributed by atoms with Gasteiger partial charge in [-0.2, -0.15) is 0 Å². The number of hydrogen-bond donors (Lipinski definition) is 0. The maximum Gasteiger partial charge on any atom is 0.208 e. The Morgan fingerprint density at radius 1 is 1.47 bits per heavy atom. The van der Waals surface area contributed by atoms with Crippen LogP contribution in [0.5, 0.6) is 0 Å². The van der Waals surface area contributed by atoms with Crippen LogP contribution in [0.25, 0.3) is 11.0 Å². The first-order valence-electron chi connectivity index (χ1n) is 4.87. The van der Waals surface area contributed by atoms with Crippen molar-refractivity contribution >= 4 is 32.7 Å². The van der Waals surface area contributed by atoms with E-state index in [9.17, 15) is 4.79 Å². The SMILES string of the molecule is CCc1cccc2cc(C(=O)CBr)oc12. The Kier molecular flexibility index (Phi) is 2.91. The highest BCUT2D eigenvalue weighted by atomic mass is 79.9. The van der Waals surface area contributed by atoms with Crippen LogP contribution in [-0.4, -0.2) is 11.1 Å². The molecule has 2 rings (SSSR count). The topological polar surface area (TPSA) is 30.2 Å². The lowest BCUT2D eigenvalue weighted by atomic mass is 10.1. The van der Waals surface area contributed by atoms with Gasteiger partial charge >= 0.3 is 0 Å². The van der Waals surface area contributed by atoms with Crippen LogP contribution in [0, 0.1) is 0 Å². The van der Waals surface area contributed by atoms with Crippen molar-refractivity contribution < 1.29 is 9.21 Å². The molecule has 0 N–H and O–H groups in total. The number of ketones is 1. The number of benzene rings is 1. The molecule has 1 heterocycles. The Labute approximate surface area is 96.4 Å². The van der Waals surface area contributed by atoms with E-state index in [1.165, 1.54) is 0 Å². The fourth-order valence-electron chi connectivity index (χ4n) is 1.61. The fraction of sp³-hybridized carbons (Fsp3) is 0.250. The largest absolute Gasteiger partial charge is 0.453 e. The molecule has 78 valence electrons. The minimum Gasteiger partial charge on any atom is -0.453 e. The smallest absolute Gasteiger partial charge is 0.208 e. The zero-order valence-corrected chi connectivity index (χ0v) is 10.0. The van der Waals surface area contributed by atoms with Crippen molar-refractivity contribution in [3.63, 3.8) is 0 Å². The Morgan fingerprint density at radius 2 is 2.27 bits per heavy atom. The minimum atomic E-state index is -0.0201. The van der Waals surface area contributed by atoms with E-state index in [0.29, 0.717) is 11.1 Å². The summed E-state index contributed by atoms with van der Waals surface area (Å²) in [5.74, 6) is 0.413. The number of hydrogen-bond acceptors (Lipinski definition) is 2. The van der Waals surface area contributed by atoms with E-state index in [1.807, 2.05) is 18.2 Å². The average Bonchev–Trinajstić information content (AvgIpc) is 2.71. The first-order valence-corrected chi connectivity index (χ1v) is 5.99. The van der Waals surface area contributed by atoms with Gasteiger partial charge in [-0.05, 0) is 18.1 Å². The Bertz CT molecular complexity index is 499. The maximum absolute atomic E-state index is 11.4. The lowest BCUT2D eigenvalue weighted by Gasteiger charge is -1.96. The maximum atomic E-state index is 11.4. The van der Waals surface area contributed by atoms with E-state index in [0.717, 1.165) is 23.0 Å². The predicted octanol–water partition coefficient (Wildman–Crippen LogP) is 3.57. The summed E-state index contributed by atoms with van der Waals surface area (Å²) in [5.41, 5.74) is 1.98. The molecule has 0 spiro atoms. The molecule has 0 unspecified atom stereocenters. The van der Waals surface area contributed by atoms with Gasteiger partial charge in [0.25, 0.3) is 0 Å². The molecule has 0 saturated carbocycles. The van der Waals surface area contributed by atoms with Crippen LogP contribution in [0.15, 0.2) is 28.7 Å². The third-order valence-electron chi connectivity index (χ3n) is 2.40. The number of carbonyl (C=O) groups is 1. The Morgan fingerprint density at radius 3 is 2.93 bits per heavy atom. The zero-order valence-electron chi connectivity index (χ0n) is 8.42. The van der Waals surface area contributed by atoms with Gasteiger partial charge in [0.1, 0.15) is 5.58 Å². The van der Waals surface area contributed by atoms with E-state index in [4.69, 9.17) is 4.42 Å². The number of para-hydroxylation sites is 1. The van der Waals surface area contributed by atoms with Crippen LogP contribution >= 0.6 is 15.9 Å². The molecule has 0 fully saturated rings. The molecule has 1 aromatic heterocycles. The molecule has 15 heavy (non-hydrogen) atoms. The van der Waals surface area contributed by atoms with Crippen molar-refractivity contribution in [2.75, 3.05) is 5.33 Å². The summed E-state index contributed by atoms with van der Waals surface area (Å²) in [6, 6.07) is 7.77. The van der Waals surface area contributed by atoms with Gasteiger partial charge < -0.3 is 4.42 Å². The summed E-state index contributed by atoms with van der Waals surface area (Å²) in [5, 5.41) is 1.30. The predicted molar refractivity (Wildman–Crippen MR) is 63.7 cm³/mol. The van der Waals surface area contributed by atoms with Crippen molar-refractivity contribution in [2.45, 2.75) is 13.3 Å². The van der Waals surface area contributed by atoms with Crippen molar-refractivity contribution in [2.24, 2.45) is 0 Å². The first kappa shape index (κ1) is 10.4. The van der Waals surface area contributed by atoms with Gasteiger partial charge in [-0.3, -0.25) is 4.79 Å². The van der Waals surface area contributed by atoms with Crippen molar-refractivity contribution in [3.8, 4) is 0 Å². The third kappa shape index (κ3) is 1.84. The quantitative estimate of drug-likeness (QED) is 0.628. The second-order valence-corrected chi connectivity index (χ2v) is 3.92. The number of Topliss-reactive ketones (excluding diaryl/α,β-unsaturated/α-hetero) is 1. The molecule has 0 amide bonds. The standard InChI is InChI=1S/C12H11BrO2/c1-2-8-4-3-5-9-6-11(10(14)7-13)15-12(8)9/h3-6H,2,7H2,1H3. The van der Waals surface area contributed by atoms with Gasteiger partial charge in [0.15, 0.2) is 5.76 Å². The minimum absolute atomic E-state index is 0.0201. The molecule has 0 radical (unpaired) electrons. The molecule has 0 atom stereocenters. The number of alkyl halides is 1. The number of rotatable bonds is 3. The van der Waals surface area contributed by atoms with Crippen molar-refractivity contribution in [1.29, 1.82) is 0 Å². The second kappa shape index (κ2) is 4.19. The molecule has 0 saturated heterocycles. The van der Waals surface area contributed by atoms with E-state index in [1.54, 1.807) is 6.07 Å². The third-order valence-corrected chi connectivity index (χ3v) is 2.91. The van der Waals surface area contributed by atoms with Gasteiger partial charge in [0.2, 0.25) is 5.78 Å². The molecule has 0 aliphatic rings. The van der Waals surface area contributed by atoms with Gasteiger partial charge in [-0.15, -0.1) is 0 Å². The van der Waals surface area contributed by atoms with Gasteiger partial charge in [0, 0.05) is 5.39 Å². The number of fused-ring (bicyclic) bond motifs is 1. The van der Waals surface area contributed by atoms with E-state index >= 15 is 0 Å². The molecule has 2 nitrogen and oxygen atoms in total. The molecular formula is C12H11BrO2. The number of carbonyl (C=O) groups excluding carboxylic acids is 1. The summed E-state index contributed by atoms with van der Waals surface area (Å²) >= 11 is 3.13. The summed E-state index contributed by atoms with van der Waals surface area (Å²) in [7, 11) is 0. The summed E-state index contributed by atoms with van der Waals surface area (Å²) in [4.78, 5) is 11.4. The number of halogens is 1. The van der Waals surface area contributed by atoms with Gasteiger partial charge in [0.05, 0.1) is 5.33 Å². The molecule has 3 heteroatoms. The molecule has 2 aromatic rings. The highest BCUT2D eigenvalue weighted by Gasteiger charge is 2.12. The highest BCUT2D eigenvalue weighted by Crippen LogP contribution is 2.24. The summed E-state index contributed by atoms with van der Waals surface area (Å²) in [6.45, 7) is 2.07. The van der Waals surface area contributed by atoms with E-state index < -0.39 is 0 Å². The first-order chi connectivity index (χ1) is 7.26. The highest BCUT2D eigenvalue weighted by molar-refractivity contribution is 9.09. The molecular weight excluding hydrogens is 256 g/mol. The zero-order chi connectivity index (χ0) is 10.8. The normalized spacial score (nSPS) is 10.8. The lowest BCUT2D eigenvalue weighted by molar-refractivity contribution is 0.0995. The number of aryl methyl sites for hydroxylation is 1. The monoisotopic (exact) mass is 266 g/mol. The van der Waals surface area contributed by atoms with Crippen LogP contribution in [0.3, 0.4) is 0 Å². The van der Waals surface area contributed by atoms with Crippen molar-refractivity contribution in [3.05, 3.63) is 35.6 Å². The summed E-state index contributed by atoms with van der Waals surface area (Å²) in [6.07, 6.45) is 0.910. The Hall–Kier alpha value is -1.09. The molecule has 0 aliphatic heterocycles. The summed E-state index contributed by atoms with van der Waals surface area (Å²) < 4.78 is 5.56. The van der Waals surface area contributed by atoms with Gasteiger partial charge in [-0.25, -0.2) is 0 Å². The lowest BCUT2D eigenvalue weighted by Crippen LogP contribution is -1.96. The number of furan rings is 1. The van der Waals surface area contributed by atoms with Crippen LogP contribution in [0.2, 0.25) is 0 Å². The second-order valence-electron chi connectivity index (χ2n) is 3.36. The van der Waals surface area contributed by atoms with Gasteiger partial charge in [-0.1, -0.05) is 41.1 Å². The molecule has 0 aliphatic carbocycles. The average molecular weight is 267 g/mol. The van der Waals surface area contributed by atoms with Crippen LogP contribution in [0.4, 0.5) is 0 Å². The van der Waals surface area contributed by atoms with E-state index in [2.05, 4.69) is 22.9 Å². The molecule has 1 aromatic carbocycles. The van der Waals surface area contributed by atoms with Crippen molar-refractivity contribution in [1.82, 2.24) is 0 Å². The van der Waals surface area contributed by atoms with Crippen LogP contribution < -0.4 is 0 Å². The Balaban J connectivity index is 2.60. The van der Waals surface area contributed by atoms with Crippen LogP contribution in [0.1, 0.15) is 23.0 Å². The van der Waals surface area contributed by atoms with E-state index in [-0.39, 0.29) is 5.78 Å². The fourth-order valence-corrected chi connectivity index (χ4v) is 1.88.